The molecule has 1 aliphatic rings. The van der Waals surface area contributed by atoms with Crippen LogP contribution in [0, 0.1) is 0 Å². The first-order valence-electron chi connectivity index (χ1n) is 9.30. The van der Waals surface area contributed by atoms with Gasteiger partial charge in [-0.05, 0) is 36.8 Å². The summed E-state index contributed by atoms with van der Waals surface area (Å²) in [6.45, 7) is 4.39. The third kappa shape index (κ3) is 7.40. The molecule has 0 radical (unpaired) electrons. The molecule has 2 heteroatoms. The molecule has 126 valence electrons. The van der Waals surface area contributed by atoms with E-state index in [2.05, 4.69) is 13.8 Å². The Morgan fingerprint density at radius 3 is 2.41 bits per heavy atom. The maximum Gasteiger partial charge on any atom is 0.159 e. The lowest BCUT2D eigenvalue weighted by molar-refractivity contribution is -0.115. The minimum atomic E-state index is -0.361. The largest absolute Gasteiger partial charge is 0.389 e. The molecule has 0 spiro atoms. The number of allylic oxidation sites excluding steroid dienone is 3. The SMILES string of the molecule is CCCCCCCC1=C(/C=C/C(O)CCCCC)CCC1=O. The van der Waals surface area contributed by atoms with Crippen LogP contribution in [0.4, 0.5) is 0 Å². The van der Waals surface area contributed by atoms with Crippen molar-refractivity contribution in [1.82, 2.24) is 0 Å². The van der Waals surface area contributed by atoms with E-state index in [1.54, 1.807) is 0 Å². The van der Waals surface area contributed by atoms with Crippen LogP contribution in [-0.4, -0.2) is 17.0 Å². The van der Waals surface area contributed by atoms with Crippen molar-refractivity contribution in [2.24, 2.45) is 0 Å². The third-order valence-corrected chi connectivity index (χ3v) is 4.50. The van der Waals surface area contributed by atoms with Crippen molar-refractivity contribution in [1.29, 1.82) is 0 Å². The lowest BCUT2D eigenvalue weighted by atomic mass is 10.0. The van der Waals surface area contributed by atoms with Gasteiger partial charge in [-0.25, -0.2) is 0 Å². The fourth-order valence-corrected chi connectivity index (χ4v) is 3.05. The van der Waals surface area contributed by atoms with E-state index in [0.717, 1.165) is 37.7 Å². The molecular weight excluding hydrogens is 272 g/mol. The van der Waals surface area contributed by atoms with Gasteiger partial charge in [-0.2, -0.15) is 0 Å². The van der Waals surface area contributed by atoms with Gasteiger partial charge in [-0.15, -0.1) is 0 Å². The Kier molecular flexibility index (Phi) is 10.1. The number of hydrogen-bond acceptors (Lipinski definition) is 2. The maximum absolute atomic E-state index is 12.0. The smallest absolute Gasteiger partial charge is 0.159 e. The highest BCUT2D eigenvalue weighted by atomic mass is 16.3. The monoisotopic (exact) mass is 306 g/mol. The minimum Gasteiger partial charge on any atom is -0.389 e. The number of ketones is 1. The molecule has 0 aliphatic heterocycles. The maximum atomic E-state index is 12.0. The molecule has 0 aromatic heterocycles. The van der Waals surface area contributed by atoms with E-state index in [9.17, 15) is 9.90 Å². The standard InChI is InChI=1S/C20H34O2/c1-3-5-7-8-10-12-19-17(14-16-20(19)22)13-15-18(21)11-9-6-4-2/h13,15,18,21H,3-12,14,16H2,1-2H3/b15-13+. The summed E-state index contributed by atoms with van der Waals surface area (Å²) in [6.07, 6.45) is 16.4. The van der Waals surface area contributed by atoms with Crippen molar-refractivity contribution in [2.45, 2.75) is 97.0 Å². The Labute approximate surface area is 136 Å². The predicted molar refractivity (Wildman–Crippen MR) is 93.9 cm³/mol. The van der Waals surface area contributed by atoms with Crippen LogP contribution in [0.5, 0.6) is 0 Å². The minimum absolute atomic E-state index is 0.329. The molecular formula is C20H34O2. The van der Waals surface area contributed by atoms with Gasteiger partial charge < -0.3 is 5.11 Å². The summed E-state index contributed by atoms with van der Waals surface area (Å²) in [7, 11) is 0. The summed E-state index contributed by atoms with van der Waals surface area (Å²) in [4.78, 5) is 12.0. The van der Waals surface area contributed by atoms with Gasteiger partial charge in [0, 0.05) is 6.42 Å². The average molecular weight is 306 g/mol. The topological polar surface area (TPSA) is 37.3 Å². The van der Waals surface area contributed by atoms with E-state index in [0.29, 0.717) is 12.2 Å². The molecule has 0 saturated heterocycles. The van der Waals surface area contributed by atoms with E-state index >= 15 is 0 Å². The highest BCUT2D eigenvalue weighted by Crippen LogP contribution is 2.28. The Morgan fingerprint density at radius 2 is 1.68 bits per heavy atom. The summed E-state index contributed by atoms with van der Waals surface area (Å²) in [6, 6.07) is 0. The zero-order chi connectivity index (χ0) is 16.2. The van der Waals surface area contributed by atoms with Crippen LogP contribution in [-0.2, 0) is 4.79 Å². The summed E-state index contributed by atoms with van der Waals surface area (Å²) < 4.78 is 0. The number of carbonyl (C=O) groups excluding carboxylic acids is 1. The number of Topliss-reactive ketones (excluding diaryl/α,β-unsaturated/α-hetero) is 1. The first-order valence-corrected chi connectivity index (χ1v) is 9.30. The highest BCUT2D eigenvalue weighted by molar-refractivity contribution is 5.99. The molecule has 0 amide bonds. The first kappa shape index (κ1) is 19.2. The summed E-state index contributed by atoms with van der Waals surface area (Å²) >= 11 is 0. The van der Waals surface area contributed by atoms with Crippen molar-refractivity contribution < 1.29 is 9.90 Å². The summed E-state index contributed by atoms with van der Waals surface area (Å²) in [5.74, 6) is 0.329. The molecule has 0 bridgehead atoms. The molecule has 0 saturated carbocycles. The lowest BCUT2D eigenvalue weighted by Crippen LogP contribution is -2.01. The molecule has 0 aromatic carbocycles. The Bertz CT molecular complexity index is 379. The zero-order valence-electron chi connectivity index (χ0n) is 14.6. The van der Waals surface area contributed by atoms with Crippen LogP contribution < -0.4 is 0 Å². The van der Waals surface area contributed by atoms with Crippen LogP contribution in [0.25, 0.3) is 0 Å². The first-order chi connectivity index (χ1) is 10.7. The second-order valence-electron chi connectivity index (χ2n) is 6.51. The second kappa shape index (κ2) is 11.6. The van der Waals surface area contributed by atoms with E-state index in [1.165, 1.54) is 44.1 Å². The number of aliphatic hydroxyl groups is 1. The number of hydrogen-bond donors (Lipinski definition) is 1. The molecule has 1 N–H and O–H groups in total. The lowest BCUT2D eigenvalue weighted by Gasteiger charge is -2.06. The van der Waals surface area contributed by atoms with Gasteiger partial charge >= 0.3 is 0 Å². The summed E-state index contributed by atoms with van der Waals surface area (Å²) in [5, 5.41) is 9.97. The molecule has 0 fully saturated rings. The van der Waals surface area contributed by atoms with Gasteiger partial charge in [0.1, 0.15) is 0 Å². The van der Waals surface area contributed by atoms with Gasteiger partial charge in [0.05, 0.1) is 6.10 Å². The van der Waals surface area contributed by atoms with E-state index in [-0.39, 0.29) is 6.10 Å². The highest BCUT2D eigenvalue weighted by Gasteiger charge is 2.20. The normalized spacial score (nSPS) is 17.0. The van der Waals surface area contributed by atoms with Gasteiger partial charge in [-0.3, -0.25) is 4.79 Å². The molecule has 22 heavy (non-hydrogen) atoms. The average Bonchev–Trinajstić information content (AvgIpc) is 2.86. The molecule has 0 heterocycles. The van der Waals surface area contributed by atoms with E-state index in [1.807, 2.05) is 12.2 Å². The van der Waals surface area contributed by atoms with Gasteiger partial charge in [0.25, 0.3) is 0 Å². The van der Waals surface area contributed by atoms with E-state index < -0.39 is 0 Å². The van der Waals surface area contributed by atoms with Crippen LogP contribution >= 0.6 is 0 Å². The number of aliphatic hydroxyl groups excluding tert-OH is 1. The van der Waals surface area contributed by atoms with Crippen molar-refractivity contribution in [2.75, 3.05) is 0 Å². The molecule has 2 nitrogen and oxygen atoms in total. The Hall–Kier alpha value is -0.890. The third-order valence-electron chi connectivity index (χ3n) is 4.50. The Balaban J connectivity index is 2.44. The van der Waals surface area contributed by atoms with Crippen LogP contribution in [0.2, 0.25) is 0 Å². The molecule has 1 unspecified atom stereocenters. The fourth-order valence-electron chi connectivity index (χ4n) is 3.05. The van der Waals surface area contributed by atoms with E-state index in [4.69, 9.17) is 0 Å². The Morgan fingerprint density at radius 1 is 1.00 bits per heavy atom. The quantitative estimate of drug-likeness (QED) is 0.483. The van der Waals surface area contributed by atoms with Crippen LogP contribution in [0.15, 0.2) is 23.3 Å². The molecule has 1 atom stereocenters. The number of carbonyl (C=O) groups is 1. The fraction of sp³-hybridized carbons (Fsp3) is 0.750. The molecule has 1 aliphatic carbocycles. The molecule has 1 rings (SSSR count). The second-order valence-corrected chi connectivity index (χ2v) is 6.51. The van der Waals surface area contributed by atoms with Gasteiger partial charge in [-0.1, -0.05) is 70.9 Å². The van der Waals surface area contributed by atoms with Crippen LogP contribution in [0.3, 0.4) is 0 Å². The van der Waals surface area contributed by atoms with Crippen molar-refractivity contribution in [3.05, 3.63) is 23.3 Å². The predicted octanol–water partition coefficient (Wildman–Crippen LogP) is 5.50. The van der Waals surface area contributed by atoms with Crippen molar-refractivity contribution >= 4 is 5.78 Å². The van der Waals surface area contributed by atoms with Gasteiger partial charge in [0.2, 0.25) is 0 Å². The van der Waals surface area contributed by atoms with Crippen LogP contribution in [0.1, 0.15) is 90.9 Å². The van der Waals surface area contributed by atoms with Crippen molar-refractivity contribution in [3.63, 3.8) is 0 Å². The summed E-state index contributed by atoms with van der Waals surface area (Å²) in [5.41, 5.74) is 2.21. The number of unbranched alkanes of at least 4 members (excludes halogenated alkanes) is 6. The zero-order valence-corrected chi connectivity index (χ0v) is 14.6. The number of rotatable bonds is 12. The van der Waals surface area contributed by atoms with Gasteiger partial charge in [0.15, 0.2) is 5.78 Å². The van der Waals surface area contributed by atoms with Crippen molar-refractivity contribution in [3.8, 4) is 0 Å². The molecule has 0 aromatic rings.